The van der Waals surface area contributed by atoms with Gasteiger partial charge >= 0.3 is 0 Å². The van der Waals surface area contributed by atoms with Crippen molar-refractivity contribution in [1.82, 2.24) is 10.2 Å². The van der Waals surface area contributed by atoms with E-state index in [1.807, 2.05) is 39.0 Å². The highest BCUT2D eigenvalue weighted by Crippen LogP contribution is 2.13. The highest BCUT2D eigenvalue weighted by atomic mass is 16.2. The van der Waals surface area contributed by atoms with E-state index in [0.29, 0.717) is 19.5 Å². The number of hydrogen-bond donors (Lipinski definition) is 1. The molecule has 0 bridgehead atoms. The summed E-state index contributed by atoms with van der Waals surface area (Å²) in [5.41, 5.74) is 2.21. The molecule has 116 valence electrons. The summed E-state index contributed by atoms with van der Waals surface area (Å²) in [7, 11) is 0. The molecule has 1 aromatic carbocycles. The second kappa shape index (κ2) is 8.45. The fraction of sp³-hybridized carbons (Fsp3) is 0.529. The van der Waals surface area contributed by atoms with E-state index < -0.39 is 6.04 Å². The van der Waals surface area contributed by atoms with Gasteiger partial charge < -0.3 is 10.2 Å². The van der Waals surface area contributed by atoms with E-state index in [1.54, 1.807) is 11.8 Å². The van der Waals surface area contributed by atoms with Crippen molar-refractivity contribution in [2.45, 2.75) is 53.1 Å². The van der Waals surface area contributed by atoms with Crippen LogP contribution in [-0.2, 0) is 16.1 Å². The van der Waals surface area contributed by atoms with Crippen LogP contribution in [0.5, 0.6) is 0 Å². The molecule has 0 aliphatic rings. The number of likely N-dealkylation sites (N-methyl/N-ethyl adjacent to an activating group) is 1. The Morgan fingerprint density at radius 2 is 2.00 bits per heavy atom. The number of rotatable bonds is 7. The molecule has 0 heterocycles. The smallest absolute Gasteiger partial charge is 0.242 e. The van der Waals surface area contributed by atoms with Crippen LogP contribution in [-0.4, -0.2) is 29.3 Å². The SMILES string of the molecule is CCCC(=O)N(Cc1cccc(C)c1)[C@@H](C)C(=O)NCC. The van der Waals surface area contributed by atoms with Gasteiger partial charge in [-0.1, -0.05) is 36.8 Å². The summed E-state index contributed by atoms with van der Waals surface area (Å²) < 4.78 is 0. The van der Waals surface area contributed by atoms with E-state index in [1.165, 1.54) is 0 Å². The molecule has 0 saturated heterocycles. The van der Waals surface area contributed by atoms with E-state index in [0.717, 1.165) is 17.5 Å². The maximum atomic E-state index is 12.3. The minimum absolute atomic E-state index is 0.0257. The predicted octanol–water partition coefficient (Wildman–Crippen LogP) is 2.65. The highest BCUT2D eigenvalue weighted by molar-refractivity contribution is 5.87. The lowest BCUT2D eigenvalue weighted by molar-refractivity contribution is -0.140. The molecule has 1 rings (SSSR count). The Bertz CT molecular complexity index is 485. The first-order valence-corrected chi connectivity index (χ1v) is 7.62. The third-order valence-corrected chi connectivity index (χ3v) is 3.42. The standard InChI is InChI=1S/C17H26N2O2/c1-5-8-16(20)19(14(4)17(21)18-6-2)12-15-10-7-9-13(3)11-15/h7,9-11,14H,5-6,8,12H2,1-4H3,(H,18,21)/t14-/m0/s1. The third kappa shape index (κ3) is 5.21. The topological polar surface area (TPSA) is 49.4 Å². The van der Waals surface area contributed by atoms with Gasteiger partial charge in [-0.15, -0.1) is 0 Å². The summed E-state index contributed by atoms with van der Waals surface area (Å²) in [4.78, 5) is 26.0. The van der Waals surface area contributed by atoms with Gasteiger partial charge in [-0.25, -0.2) is 0 Å². The number of aryl methyl sites for hydroxylation is 1. The van der Waals surface area contributed by atoms with E-state index in [9.17, 15) is 9.59 Å². The molecule has 1 atom stereocenters. The second-order valence-electron chi connectivity index (χ2n) is 5.33. The van der Waals surface area contributed by atoms with Gasteiger partial charge in [-0.05, 0) is 32.8 Å². The van der Waals surface area contributed by atoms with E-state index >= 15 is 0 Å². The molecule has 0 aromatic heterocycles. The number of nitrogens with zero attached hydrogens (tertiary/aromatic N) is 1. The quantitative estimate of drug-likeness (QED) is 0.839. The van der Waals surface area contributed by atoms with Crippen molar-refractivity contribution in [3.63, 3.8) is 0 Å². The Balaban J connectivity index is 2.91. The van der Waals surface area contributed by atoms with Gasteiger partial charge in [0, 0.05) is 19.5 Å². The summed E-state index contributed by atoms with van der Waals surface area (Å²) in [5, 5.41) is 2.79. The van der Waals surface area contributed by atoms with E-state index in [2.05, 4.69) is 11.4 Å². The largest absolute Gasteiger partial charge is 0.355 e. The predicted molar refractivity (Wildman–Crippen MR) is 84.8 cm³/mol. The molecule has 21 heavy (non-hydrogen) atoms. The van der Waals surface area contributed by atoms with Gasteiger partial charge in [0.1, 0.15) is 6.04 Å². The molecule has 0 unspecified atom stereocenters. The molecule has 0 spiro atoms. The first kappa shape index (κ1) is 17.2. The summed E-state index contributed by atoms with van der Waals surface area (Å²) >= 11 is 0. The average Bonchev–Trinajstić information content (AvgIpc) is 2.44. The van der Waals surface area contributed by atoms with E-state index in [-0.39, 0.29) is 11.8 Å². The van der Waals surface area contributed by atoms with Gasteiger partial charge in [0.25, 0.3) is 0 Å². The zero-order chi connectivity index (χ0) is 15.8. The molecule has 0 saturated carbocycles. The van der Waals surface area contributed by atoms with Gasteiger partial charge in [0.15, 0.2) is 0 Å². The lowest BCUT2D eigenvalue weighted by atomic mass is 10.1. The maximum Gasteiger partial charge on any atom is 0.242 e. The van der Waals surface area contributed by atoms with Crippen LogP contribution < -0.4 is 5.32 Å². The van der Waals surface area contributed by atoms with E-state index in [4.69, 9.17) is 0 Å². The molecule has 0 aliphatic carbocycles. The van der Waals surface area contributed by atoms with Crippen molar-refractivity contribution in [2.24, 2.45) is 0 Å². The van der Waals surface area contributed by atoms with Crippen molar-refractivity contribution < 1.29 is 9.59 Å². The number of benzene rings is 1. The molecule has 4 nitrogen and oxygen atoms in total. The fourth-order valence-electron chi connectivity index (χ4n) is 2.27. The summed E-state index contributed by atoms with van der Waals surface area (Å²) in [6, 6.07) is 7.59. The average molecular weight is 290 g/mol. The number of nitrogens with one attached hydrogen (secondary N) is 1. The normalized spacial score (nSPS) is 11.8. The summed E-state index contributed by atoms with van der Waals surface area (Å²) in [6.45, 7) is 8.70. The fourth-order valence-corrected chi connectivity index (χ4v) is 2.27. The number of amides is 2. The van der Waals surface area contributed by atoms with Gasteiger partial charge in [0.05, 0.1) is 0 Å². The minimum Gasteiger partial charge on any atom is -0.355 e. The number of carbonyl (C=O) groups is 2. The molecule has 0 radical (unpaired) electrons. The molecule has 1 aromatic rings. The van der Waals surface area contributed by atoms with Crippen LogP contribution >= 0.6 is 0 Å². The summed E-state index contributed by atoms with van der Waals surface area (Å²) in [5.74, 6) is -0.0765. The Hall–Kier alpha value is -1.84. The Labute approximate surface area is 127 Å². The molecular formula is C17H26N2O2. The van der Waals surface area contributed by atoms with Gasteiger partial charge in [-0.2, -0.15) is 0 Å². The van der Waals surface area contributed by atoms with Crippen LogP contribution in [0.3, 0.4) is 0 Å². The minimum atomic E-state index is -0.454. The number of hydrogen-bond acceptors (Lipinski definition) is 2. The van der Waals surface area contributed by atoms with Crippen molar-refractivity contribution in [1.29, 1.82) is 0 Å². The zero-order valence-electron chi connectivity index (χ0n) is 13.5. The van der Waals surface area contributed by atoms with Crippen LogP contribution in [0.1, 0.15) is 44.7 Å². The van der Waals surface area contributed by atoms with Gasteiger partial charge in [-0.3, -0.25) is 9.59 Å². The molecule has 2 amide bonds. The van der Waals surface area contributed by atoms with Crippen LogP contribution in [0.25, 0.3) is 0 Å². The first-order chi connectivity index (χ1) is 9.99. The monoisotopic (exact) mass is 290 g/mol. The Morgan fingerprint density at radius 1 is 1.29 bits per heavy atom. The molecule has 0 aliphatic heterocycles. The number of carbonyl (C=O) groups excluding carboxylic acids is 2. The Kier molecular flexibility index (Phi) is 6.92. The Morgan fingerprint density at radius 3 is 2.57 bits per heavy atom. The zero-order valence-corrected chi connectivity index (χ0v) is 13.5. The third-order valence-electron chi connectivity index (χ3n) is 3.42. The molecular weight excluding hydrogens is 264 g/mol. The van der Waals surface area contributed by atoms with Crippen LogP contribution in [0.2, 0.25) is 0 Å². The van der Waals surface area contributed by atoms with Crippen LogP contribution in [0.4, 0.5) is 0 Å². The van der Waals surface area contributed by atoms with Crippen molar-refractivity contribution in [2.75, 3.05) is 6.54 Å². The van der Waals surface area contributed by atoms with Crippen LogP contribution in [0.15, 0.2) is 24.3 Å². The lowest BCUT2D eigenvalue weighted by Crippen LogP contribution is -2.47. The molecule has 0 fully saturated rings. The van der Waals surface area contributed by atoms with Crippen molar-refractivity contribution >= 4 is 11.8 Å². The van der Waals surface area contributed by atoms with Crippen LogP contribution in [0, 0.1) is 6.92 Å². The summed E-state index contributed by atoms with van der Waals surface area (Å²) in [6.07, 6.45) is 1.25. The highest BCUT2D eigenvalue weighted by Gasteiger charge is 2.25. The molecule has 1 N–H and O–H groups in total. The van der Waals surface area contributed by atoms with Crippen molar-refractivity contribution in [3.05, 3.63) is 35.4 Å². The molecule has 4 heteroatoms. The first-order valence-electron chi connectivity index (χ1n) is 7.62. The maximum absolute atomic E-state index is 12.3. The lowest BCUT2D eigenvalue weighted by Gasteiger charge is -2.28. The van der Waals surface area contributed by atoms with Crippen molar-refractivity contribution in [3.8, 4) is 0 Å². The van der Waals surface area contributed by atoms with Gasteiger partial charge in [0.2, 0.25) is 11.8 Å². The second-order valence-corrected chi connectivity index (χ2v) is 5.33.